The number of hydrogen-bond acceptors (Lipinski definition) is 15. The third kappa shape index (κ3) is 21.7. The van der Waals surface area contributed by atoms with E-state index in [9.17, 15) is 43.5 Å². The highest BCUT2D eigenvalue weighted by atomic mass is 16.3. The number of aliphatic hydroxyl groups excluding tert-OH is 1. The minimum atomic E-state index is -1.65. The average Bonchev–Trinajstić information content (AvgIpc) is 1.53. The van der Waals surface area contributed by atoms with Gasteiger partial charge in [-0.05, 0) is 98.7 Å². The van der Waals surface area contributed by atoms with E-state index >= 15 is 19.2 Å². The SMILES string of the molecule is CC[C@@H]1CC(=O)[C@H]([C@H](O)[C@H](C)Cc2nc3ccc(C(=O)NN)cc3[nH]2)N(C)C(=O)[C@H](C(C)C)N(C)C(=O)[C@H](CC(C)C)N(C)C(=O)[C@H](CC(C)C)N(C)C(=O)[C@@H](C)NC(=O)[C@H](C)CC(=O)[C@H](CC(C)C)N(C)C(=O)[C@H](C(C)C)CC(=O)[C@H](CC(C)C)N(C)C(=O)CN(C)C1=O. The molecule has 9 amide bonds. The zero-order valence-electron chi connectivity index (χ0n) is 61.2. The molecule has 1 fully saturated rings. The molecule has 1 aliphatic rings. The van der Waals surface area contributed by atoms with E-state index < -0.39 is 167 Å². The molecule has 12 atom stereocenters. The number of carbonyl (C=O) groups is 12. The number of aromatic amines is 1. The van der Waals surface area contributed by atoms with Crippen molar-refractivity contribution in [1.82, 2.24) is 55.0 Å². The molecule has 1 aromatic heterocycles. The van der Waals surface area contributed by atoms with Gasteiger partial charge in [-0.25, -0.2) is 10.8 Å². The zero-order chi connectivity index (χ0) is 72.7. The number of aromatic nitrogens is 2. The molecule has 0 bridgehead atoms. The molecule has 0 spiro atoms. The number of nitrogen functional groups attached to an aromatic ring is 1. The van der Waals surface area contributed by atoms with E-state index in [1.165, 1.54) is 85.7 Å². The fourth-order valence-electron chi connectivity index (χ4n) is 12.8. The smallest absolute Gasteiger partial charge is 0.265 e. The third-order valence-electron chi connectivity index (χ3n) is 18.8. The molecule has 25 heteroatoms. The summed E-state index contributed by atoms with van der Waals surface area (Å²) in [6.07, 6.45) is -1.90. The number of imidazole rings is 1. The van der Waals surface area contributed by atoms with Gasteiger partial charge in [-0.3, -0.25) is 63.0 Å². The molecular formula is C70H116N12O13. The Kier molecular flexibility index (Phi) is 31.3. The van der Waals surface area contributed by atoms with Crippen LogP contribution in [0.2, 0.25) is 0 Å². The number of rotatable bonds is 16. The van der Waals surface area contributed by atoms with Gasteiger partial charge in [0.2, 0.25) is 47.3 Å². The van der Waals surface area contributed by atoms with Crippen LogP contribution in [0.1, 0.15) is 178 Å². The van der Waals surface area contributed by atoms with Crippen molar-refractivity contribution in [3.05, 3.63) is 29.6 Å². The zero-order valence-corrected chi connectivity index (χ0v) is 61.2. The van der Waals surface area contributed by atoms with Gasteiger partial charge in [0.1, 0.15) is 36.0 Å². The summed E-state index contributed by atoms with van der Waals surface area (Å²) in [5, 5.41) is 15.4. The molecule has 1 aliphatic heterocycles. The van der Waals surface area contributed by atoms with Crippen LogP contribution in [0.5, 0.6) is 0 Å². The van der Waals surface area contributed by atoms with E-state index in [4.69, 9.17) is 5.84 Å². The van der Waals surface area contributed by atoms with Crippen molar-refractivity contribution in [2.75, 3.05) is 55.9 Å². The van der Waals surface area contributed by atoms with E-state index in [0.29, 0.717) is 16.9 Å². The molecule has 25 nitrogen and oxygen atoms in total. The van der Waals surface area contributed by atoms with Crippen LogP contribution in [0.3, 0.4) is 0 Å². The lowest BCUT2D eigenvalue weighted by molar-refractivity contribution is -0.157. The first-order valence-electron chi connectivity index (χ1n) is 33.9. The van der Waals surface area contributed by atoms with Crippen molar-refractivity contribution in [1.29, 1.82) is 0 Å². The highest BCUT2D eigenvalue weighted by Gasteiger charge is 2.46. The van der Waals surface area contributed by atoms with Crippen molar-refractivity contribution in [3.63, 3.8) is 0 Å². The number of nitrogens with one attached hydrogen (secondary N) is 3. The van der Waals surface area contributed by atoms with Gasteiger partial charge in [0.15, 0.2) is 17.3 Å². The number of aliphatic hydroxyl groups is 1. The van der Waals surface area contributed by atoms with Gasteiger partial charge in [0, 0.05) is 98.3 Å². The molecule has 1 aromatic carbocycles. The summed E-state index contributed by atoms with van der Waals surface area (Å²) >= 11 is 0. The summed E-state index contributed by atoms with van der Waals surface area (Å²) in [7, 11) is 10.1. The van der Waals surface area contributed by atoms with Gasteiger partial charge in [-0.15, -0.1) is 0 Å². The van der Waals surface area contributed by atoms with E-state index in [0.717, 1.165) is 4.90 Å². The molecule has 3 rings (SSSR count). The van der Waals surface area contributed by atoms with Crippen LogP contribution in [-0.4, -0.2) is 224 Å². The Labute approximate surface area is 564 Å². The van der Waals surface area contributed by atoms with Crippen molar-refractivity contribution in [2.45, 2.75) is 217 Å². The Morgan fingerprint density at radius 1 is 0.579 bits per heavy atom. The summed E-state index contributed by atoms with van der Waals surface area (Å²) in [5.74, 6) is -6.59. The van der Waals surface area contributed by atoms with Crippen LogP contribution in [0, 0.1) is 59.2 Å². The summed E-state index contributed by atoms with van der Waals surface area (Å²) < 4.78 is 0. The second kappa shape index (κ2) is 36.3. The normalized spacial score (nSPS) is 25.5. The van der Waals surface area contributed by atoms with E-state index in [-0.39, 0.29) is 80.6 Å². The third-order valence-corrected chi connectivity index (χ3v) is 18.8. The number of fused-ring (bicyclic) bond motifs is 1. The minimum Gasteiger partial charge on any atom is -0.390 e. The summed E-state index contributed by atoms with van der Waals surface area (Å²) in [6.45, 7) is 28.0. The lowest BCUT2D eigenvalue weighted by Gasteiger charge is -2.41. The molecular weight excluding hydrogens is 1220 g/mol. The largest absolute Gasteiger partial charge is 0.390 e. The summed E-state index contributed by atoms with van der Waals surface area (Å²) in [5.41, 5.74) is 3.33. The topological polar surface area (TPSA) is 327 Å². The molecule has 534 valence electrons. The van der Waals surface area contributed by atoms with Gasteiger partial charge in [0.25, 0.3) is 5.91 Å². The van der Waals surface area contributed by atoms with Gasteiger partial charge in [-0.1, -0.05) is 104 Å². The molecule has 1 saturated heterocycles. The fourth-order valence-corrected chi connectivity index (χ4v) is 12.8. The summed E-state index contributed by atoms with van der Waals surface area (Å²) in [4.78, 5) is 192. The number of nitrogens with two attached hydrogens (primary N) is 1. The molecule has 0 unspecified atom stereocenters. The van der Waals surface area contributed by atoms with E-state index in [1.54, 1.807) is 66.7 Å². The number of ketones is 3. The molecule has 95 heavy (non-hydrogen) atoms. The monoisotopic (exact) mass is 1330 g/mol. The lowest BCUT2D eigenvalue weighted by Crippen LogP contribution is -2.62. The first kappa shape index (κ1) is 82.1. The van der Waals surface area contributed by atoms with Gasteiger partial charge in [-0.2, -0.15) is 0 Å². The maximum atomic E-state index is 15.5. The number of likely N-dealkylation sites (N-methyl/N-ethyl adjacent to an activating group) is 7. The number of hydrogen-bond donors (Lipinski definition) is 5. The molecule has 0 aliphatic carbocycles. The van der Waals surface area contributed by atoms with Crippen LogP contribution >= 0.6 is 0 Å². The van der Waals surface area contributed by atoms with Crippen molar-refractivity contribution < 1.29 is 62.6 Å². The van der Waals surface area contributed by atoms with Crippen molar-refractivity contribution in [3.8, 4) is 0 Å². The molecule has 0 radical (unpaired) electrons. The maximum Gasteiger partial charge on any atom is 0.265 e. The Morgan fingerprint density at radius 2 is 1.05 bits per heavy atom. The predicted octanol–water partition coefficient (Wildman–Crippen LogP) is 5.30. The number of amides is 9. The fraction of sp³-hybridized carbons (Fsp3) is 0.729. The maximum absolute atomic E-state index is 15.5. The van der Waals surface area contributed by atoms with Gasteiger partial charge < -0.3 is 49.7 Å². The van der Waals surface area contributed by atoms with Crippen LogP contribution in [-0.2, 0) is 59.2 Å². The molecule has 2 heterocycles. The van der Waals surface area contributed by atoms with E-state index in [2.05, 4.69) is 20.7 Å². The Balaban J connectivity index is 2.33. The van der Waals surface area contributed by atoms with E-state index in [1.807, 2.05) is 55.4 Å². The molecule has 0 saturated carbocycles. The Bertz CT molecular complexity index is 3030. The first-order chi connectivity index (χ1) is 44.0. The Hall–Kier alpha value is -7.15. The van der Waals surface area contributed by atoms with Gasteiger partial charge >= 0.3 is 0 Å². The number of carbonyl (C=O) groups excluding carboxylic acids is 12. The van der Waals surface area contributed by atoms with Crippen molar-refractivity contribution in [2.24, 2.45) is 65.0 Å². The number of benzene rings is 1. The van der Waals surface area contributed by atoms with Gasteiger partial charge in [0.05, 0.1) is 35.8 Å². The number of H-pyrrole nitrogens is 1. The predicted molar refractivity (Wildman–Crippen MR) is 364 cm³/mol. The molecule has 2 aromatic rings. The second-order valence-corrected chi connectivity index (χ2v) is 29.3. The number of Topliss-reactive ketones (excluding diaryl/α,β-unsaturated/α-hetero) is 3. The quantitative estimate of drug-likeness (QED) is 0.0809. The number of hydrazine groups is 1. The molecule has 6 N–H and O–H groups in total. The highest BCUT2D eigenvalue weighted by Crippen LogP contribution is 2.30. The first-order valence-corrected chi connectivity index (χ1v) is 33.9. The van der Waals surface area contributed by atoms with Crippen LogP contribution in [0.25, 0.3) is 11.0 Å². The summed E-state index contributed by atoms with van der Waals surface area (Å²) in [6, 6.07) is -3.80. The highest BCUT2D eigenvalue weighted by molar-refractivity contribution is 6.00. The minimum absolute atomic E-state index is 0.0225. The van der Waals surface area contributed by atoms with Crippen LogP contribution in [0.4, 0.5) is 0 Å². The average molecular weight is 1330 g/mol. The standard InChI is InChI=1S/C70H116N12O13/c1-24-46-34-57(85)61(62(87)43(14)32-58-73-49-26-25-47(64(89)75-71)33-50(49)74-58)82(23)70(95)60(42(12)13)81(22)69(94)54(30-40(8)9)80(21)68(93)53(29-39(6)7)79(20)65(90)45(16)72-63(88)44(15)31-55(83)52(28-38(4)5)78(19)67(92)48(41(10)11)35-56(84)51(27-37(2)3)77(18)59(86)36-76(17)66(46)91/h25-26,33,37-46,48,51-54,60-62,87H,24,27-32,34-36,71H2,1-23H3,(H,72,88)(H,73,74)(H,75,89)/t43-,44-,45-,46-,48+,51+,52+,53+,54+,60+,61-,62-/m1/s1. The lowest BCUT2D eigenvalue weighted by atomic mass is 9.84. The van der Waals surface area contributed by atoms with Crippen molar-refractivity contribution >= 4 is 81.5 Å². The number of nitrogens with zero attached hydrogens (tertiary/aromatic N) is 8. The van der Waals surface area contributed by atoms with Crippen LogP contribution < -0.4 is 16.6 Å². The Morgan fingerprint density at radius 3 is 1.55 bits per heavy atom. The van der Waals surface area contributed by atoms with Crippen LogP contribution in [0.15, 0.2) is 18.2 Å². The second-order valence-electron chi connectivity index (χ2n) is 29.3.